The van der Waals surface area contributed by atoms with E-state index in [0.29, 0.717) is 11.1 Å². The van der Waals surface area contributed by atoms with Gasteiger partial charge in [0.05, 0.1) is 0 Å². The van der Waals surface area contributed by atoms with Gasteiger partial charge in [-0.05, 0) is 21.7 Å². The maximum atomic E-state index is 10.1. The molecule has 1 aliphatic carbocycles. The number of nitriles is 2. The summed E-state index contributed by atoms with van der Waals surface area (Å²) in [6, 6.07) is 48.6. The van der Waals surface area contributed by atoms with Gasteiger partial charge in [-0.2, -0.15) is 0 Å². The third-order valence-electron chi connectivity index (χ3n) is 10.3. The van der Waals surface area contributed by atoms with Crippen LogP contribution in [0, 0.1) is 33.4 Å². The van der Waals surface area contributed by atoms with E-state index in [1.807, 2.05) is 48.5 Å². The van der Waals surface area contributed by atoms with Gasteiger partial charge in [-0.15, -0.1) is 0 Å². The molecule has 0 atom stereocenters. The summed E-state index contributed by atoms with van der Waals surface area (Å²) < 4.78 is 14.3. The Kier molecular flexibility index (Phi) is 6.72. The second-order valence-electron chi connectivity index (χ2n) is 13.5. The first-order chi connectivity index (χ1) is 24.3. The van der Waals surface area contributed by atoms with Gasteiger partial charge in [0, 0.05) is 5.41 Å². The fraction of sp³-hybridized carbons (Fsp3) is 0.0652. The molecule has 0 fully saturated rings. The van der Waals surface area contributed by atoms with Crippen LogP contribution in [0.25, 0.3) is 55.6 Å². The summed E-state index contributed by atoms with van der Waals surface area (Å²) in [4.78, 5) is 0. The molecule has 0 aliphatic heterocycles. The van der Waals surface area contributed by atoms with Gasteiger partial charge in [0.15, 0.2) is 0 Å². The molecule has 3 nitrogen and oxygen atoms in total. The summed E-state index contributed by atoms with van der Waals surface area (Å²) >= 11 is -3.65. The van der Waals surface area contributed by atoms with Crippen LogP contribution in [-0.2, 0) is 5.41 Å². The van der Waals surface area contributed by atoms with Crippen molar-refractivity contribution in [3.8, 4) is 12.1 Å². The van der Waals surface area contributed by atoms with E-state index in [1.54, 1.807) is 0 Å². The first-order valence-corrected chi connectivity index (χ1v) is 21.3. The van der Waals surface area contributed by atoms with Gasteiger partial charge < -0.3 is 0 Å². The van der Waals surface area contributed by atoms with Crippen molar-refractivity contribution in [3.05, 3.63) is 171 Å². The van der Waals surface area contributed by atoms with Crippen LogP contribution >= 0.6 is 18.0 Å². The number of rotatable bonds is 5. The van der Waals surface area contributed by atoms with Gasteiger partial charge in [0.2, 0.25) is 0 Å². The Labute approximate surface area is 294 Å². The maximum absolute atomic E-state index is 10.1. The van der Waals surface area contributed by atoms with E-state index in [9.17, 15) is 10.5 Å². The molecule has 0 bridgehead atoms. The second kappa shape index (κ2) is 11.1. The summed E-state index contributed by atoms with van der Waals surface area (Å²) in [6.07, 6.45) is 4.36. The van der Waals surface area contributed by atoms with Crippen molar-refractivity contribution >= 4 is 78.1 Å². The predicted octanol–water partition coefficient (Wildman–Crippen LogP) is 11.8. The Bertz CT molecular complexity index is 2850. The van der Waals surface area contributed by atoms with Crippen molar-refractivity contribution in [3.63, 3.8) is 0 Å². The number of benzene rings is 7. The standard InChI is InChI=1S/C46H31IN2O/c1-46(2)38-12-8-11-31-18-19-32-23-30(24-39(46)45(32)44(31)38)16-15-29-17-21-36-37-22-20-35(26-43(37)50-42(36)25-29)47(3,40-13-6-4-9-33(40)27-48)41-14-7-5-10-34(41)28-49/h4-26H,3H2,1-2H3/b16-15+. The fourth-order valence-electron chi connectivity index (χ4n) is 7.80. The van der Waals surface area contributed by atoms with Gasteiger partial charge in [0.1, 0.15) is 0 Å². The molecule has 0 saturated heterocycles. The zero-order chi connectivity index (χ0) is 34.2. The van der Waals surface area contributed by atoms with Crippen LogP contribution in [0.3, 0.4) is 0 Å². The number of fused-ring (bicyclic) bond motifs is 3. The van der Waals surface area contributed by atoms with E-state index in [2.05, 4.69) is 117 Å². The van der Waals surface area contributed by atoms with E-state index in [4.69, 9.17) is 8.93 Å². The number of hydrogen-bond acceptors (Lipinski definition) is 3. The van der Waals surface area contributed by atoms with Gasteiger partial charge in [0.25, 0.3) is 0 Å². The van der Waals surface area contributed by atoms with Crippen LogP contribution in [0.4, 0.5) is 0 Å². The Morgan fingerprint density at radius 2 is 1.22 bits per heavy atom. The second-order valence-corrected chi connectivity index (χ2v) is 20.9. The van der Waals surface area contributed by atoms with Crippen LogP contribution < -0.4 is 0 Å². The molecule has 4 heteroatoms. The summed E-state index contributed by atoms with van der Waals surface area (Å²) in [7, 11) is 0. The van der Waals surface area contributed by atoms with Crippen LogP contribution in [0.5, 0.6) is 0 Å². The van der Waals surface area contributed by atoms with Crippen LogP contribution in [-0.4, -0.2) is 4.51 Å². The van der Waals surface area contributed by atoms with Crippen molar-refractivity contribution < 1.29 is 4.42 Å². The summed E-state index contributed by atoms with van der Waals surface area (Å²) in [6.45, 7) is 4.66. The minimum absolute atomic E-state index is 0.0555. The molecule has 1 aromatic heterocycles. The summed E-state index contributed by atoms with van der Waals surface area (Å²) in [5.74, 6) is 0. The minimum atomic E-state index is -3.65. The van der Waals surface area contributed by atoms with Crippen molar-refractivity contribution in [1.29, 1.82) is 10.5 Å². The molecule has 7 aromatic carbocycles. The topological polar surface area (TPSA) is 60.7 Å². The first kappa shape index (κ1) is 30.3. The van der Waals surface area contributed by atoms with Crippen LogP contribution in [0.15, 0.2) is 132 Å². The Balaban J connectivity index is 1.13. The normalized spacial score (nSPS) is 13.8. The average molecular weight is 755 g/mol. The molecule has 0 saturated carbocycles. The van der Waals surface area contributed by atoms with E-state index in [-0.39, 0.29) is 5.41 Å². The van der Waals surface area contributed by atoms with Crippen molar-refractivity contribution in [2.45, 2.75) is 19.3 Å². The number of halogens is 1. The molecule has 0 spiro atoms. The quantitative estimate of drug-likeness (QED) is 0.0999. The van der Waals surface area contributed by atoms with E-state index >= 15 is 0 Å². The Hall–Kier alpha value is -5.82. The molecule has 50 heavy (non-hydrogen) atoms. The number of furan rings is 1. The van der Waals surface area contributed by atoms with Crippen LogP contribution in [0.2, 0.25) is 0 Å². The molecule has 0 unspecified atom stereocenters. The molecule has 0 N–H and O–H groups in total. The number of nitrogens with zero attached hydrogens (tertiary/aromatic N) is 2. The Morgan fingerprint density at radius 3 is 1.94 bits per heavy atom. The van der Waals surface area contributed by atoms with Crippen molar-refractivity contribution in [2.24, 2.45) is 0 Å². The molecular formula is C46H31IN2O. The third-order valence-corrected chi connectivity index (χ3v) is 19.0. The zero-order valence-corrected chi connectivity index (χ0v) is 29.8. The fourth-order valence-corrected chi connectivity index (χ4v) is 15.6. The first-order valence-electron chi connectivity index (χ1n) is 16.5. The number of hydrogen-bond donors (Lipinski definition) is 0. The van der Waals surface area contributed by atoms with Gasteiger partial charge in [-0.25, -0.2) is 0 Å². The SMILES string of the molecule is C=I(c1ccc2c(c1)oc1cc(/C=C/c3cc4c5c(ccc6cccc(c65)C4(C)C)c3)ccc12)(c1ccccc1C#N)c1ccccc1C#N. The molecule has 1 heterocycles. The third kappa shape index (κ3) is 4.35. The molecule has 0 radical (unpaired) electrons. The van der Waals surface area contributed by atoms with Crippen LogP contribution in [0.1, 0.15) is 47.2 Å². The monoisotopic (exact) mass is 754 g/mol. The summed E-state index contributed by atoms with van der Waals surface area (Å²) in [5.41, 5.74) is 7.72. The zero-order valence-electron chi connectivity index (χ0n) is 27.7. The molecule has 0 amide bonds. The molecule has 1 aliphatic rings. The summed E-state index contributed by atoms with van der Waals surface area (Å²) in [5, 5.41) is 27.6. The van der Waals surface area contributed by atoms with E-state index in [0.717, 1.165) is 38.2 Å². The molecule has 8 aromatic rings. The van der Waals surface area contributed by atoms with E-state index in [1.165, 1.54) is 38.2 Å². The molecular weight excluding hydrogens is 723 g/mol. The Morgan fingerprint density at radius 1 is 0.600 bits per heavy atom. The molecule has 9 rings (SSSR count). The van der Waals surface area contributed by atoms with Gasteiger partial charge in [-0.3, -0.25) is 0 Å². The van der Waals surface area contributed by atoms with E-state index < -0.39 is 18.0 Å². The van der Waals surface area contributed by atoms with Gasteiger partial charge >= 0.3 is 225 Å². The molecule has 238 valence electrons. The van der Waals surface area contributed by atoms with Crippen molar-refractivity contribution in [2.75, 3.05) is 0 Å². The predicted molar refractivity (Wildman–Crippen MR) is 216 cm³/mol. The average Bonchev–Trinajstić information content (AvgIpc) is 3.64. The van der Waals surface area contributed by atoms with Crippen molar-refractivity contribution in [1.82, 2.24) is 0 Å². The van der Waals surface area contributed by atoms with Gasteiger partial charge in [-0.1, -0.05) is 44.2 Å².